The fourth-order valence-corrected chi connectivity index (χ4v) is 2.88. The van der Waals surface area contributed by atoms with Crippen LogP contribution in [0.3, 0.4) is 0 Å². The maximum Gasteiger partial charge on any atom is 0.276 e. The van der Waals surface area contributed by atoms with Crippen LogP contribution in [0.4, 0.5) is 10.1 Å². The number of rotatable bonds is 4. The summed E-state index contributed by atoms with van der Waals surface area (Å²) in [4.78, 5) is 25.2. The fourth-order valence-electron chi connectivity index (χ4n) is 2.88. The van der Waals surface area contributed by atoms with Gasteiger partial charge in [-0.25, -0.2) is 4.39 Å². The molecule has 4 rings (SSSR count). The van der Waals surface area contributed by atoms with Gasteiger partial charge in [0.2, 0.25) is 5.78 Å². The van der Waals surface area contributed by atoms with Crippen LogP contribution in [0.1, 0.15) is 21.5 Å². The van der Waals surface area contributed by atoms with Crippen molar-refractivity contribution in [3.05, 3.63) is 101 Å². The molecule has 6 heteroatoms. The van der Waals surface area contributed by atoms with Gasteiger partial charge in [-0.3, -0.25) is 9.59 Å². The standard InChI is InChI=1S/C22H14FN3O2/c23-16-11-12-18-17(13-16)20(22(28)24-18)26-25-19(14-7-3-1-4-8-14)21(27)15-9-5-2-6-10-15/h1-13H,(H,24,26,28). The molecular weight excluding hydrogens is 357 g/mol. The van der Waals surface area contributed by atoms with Gasteiger partial charge in [0.15, 0.2) is 5.71 Å². The summed E-state index contributed by atoms with van der Waals surface area (Å²) in [5, 5.41) is 10.7. The van der Waals surface area contributed by atoms with Crippen LogP contribution >= 0.6 is 0 Å². The van der Waals surface area contributed by atoms with Crippen LogP contribution in [-0.4, -0.2) is 23.1 Å². The Kier molecular flexibility index (Phi) is 4.60. The minimum absolute atomic E-state index is 0.0382. The Bertz CT molecular complexity index is 1120. The number of hydrogen-bond donors (Lipinski definition) is 1. The zero-order valence-electron chi connectivity index (χ0n) is 14.6. The highest BCUT2D eigenvalue weighted by atomic mass is 19.1. The lowest BCUT2D eigenvalue weighted by Gasteiger charge is -2.05. The van der Waals surface area contributed by atoms with Gasteiger partial charge < -0.3 is 5.32 Å². The van der Waals surface area contributed by atoms with Gasteiger partial charge in [-0.15, -0.1) is 10.2 Å². The highest BCUT2D eigenvalue weighted by Crippen LogP contribution is 2.24. The van der Waals surface area contributed by atoms with Crippen LogP contribution in [0, 0.1) is 5.82 Å². The van der Waals surface area contributed by atoms with Crippen molar-refractivity contribution in [2.24, 2.45) is 10.2 Å². The fraction of sp³-hybridized carbons (Fsp3) is 0. The van der Waals surface area contributed by atoms with Gasteiger partial charge >= 0.3 is 0 Å². The molecule has 1 aliphatic heterocycles. The molecule has 1 N–H and O–H groups in total. The van der Waals surface area contributed by atoms with Crippen LogP contribution in [0.25, 0.3) is 0 Å². The second-order valence-corrected chi connectivity index (χ2v) is 6.10. The summed E-state index contributed by atoms with van der Waals surface area (Å²) in [5.74, 6) is -1.31. The van der Waals surface area contributed by atoms with Gasteiger partial charge in [0.05, 0.1) is 5.69 Å². The van der Waals surface area contributed by atoms with Crippen molar-refractivity contribution in [3.63, 3.8) is 0 Å². The molecule has 0 atom stereocenters. The zero-order valence-corrected chi connectivity index (χ0v) is 14.6. The third-order valence-electron chi connectivity index (χ3n) is 4.25. The molecule has 1 amide bonds. The zero-order chi connectivity index (χ0) is 19.5. The first-order valence-electron chi connectivity index (χ1n) is 8.55. The average molecular weight is 371 g/mol. The van der Waals surface area contributed by atoms with Gasteiger partial charge in [0.25, 0.3) is 5.91 Å². The van der Waals surface area contributed by atoms with Gasteiger partial charge in [-0.2, -0.15) is 0 Å². The molecule has 1 heterocycles. The second kappa shape index (κ2) is 7.36. The van der Waals surface area contributed by atoms with Crippen LogP contribution in [0.5, 0.6) is 0 Å². The number of Topliss-reactive ketones (excluding diaryl/α,β-unsaturated/α-hetero) is 1. The number of nitrogens with zero attached hydrogens (tertiary/aromatic N) is 2. The molecule has 1 aliphatic rings. The SMILES string of the molecule is O=C1Nc2ccc(F)cc2C1=NN=C(C(=O)c1ccccc1)c1ccccc1. The van der Waals surface area contributed by atoms with E-state index in [1.807, 2.05) is 12.1 Å². The average Bonchev–Trinajstić information content (AvgIpc) is 3.04. The third kappa shape index (κ3) is 3.35. The maximum absolute atomic E-state index is 13.6. The predicted molar refractivity (Wildman–Crippen MR) is 105 cm³/mol. The van der Waals surface area contributed by atoms with E-state index in [2.05, 4.69) is 15.5 Å². The minimum atomic E-state index is -0.496. The number of carbonyl (C=O) groups excluding carboxylic acids is 2. The molecule has 0 spiro atoms. The predicted octanol–water partition coefficient (Wildman–Crippen LogP) is 3.85. The highest BCUT2D eigenvalue weighted by molar-refractivity contribution is 6.54. The van der Waals surface area contributed by atoms with Crippen molar-refractivity contribution in [1.82, 2.24) is 0 Å². The molecule has 0 saturated heterocycles. The Morgan fingerprint density at radius 2 is 1.50 bits per heavy atom. The minimum Gasteiger partial charge on any atom is -0.320 e. The first-order valence-corrected chi connectivity index (χ1v) is 8.55. The van der Waals surface area contributed by atoms with Crippen LogP contribution in [0.15, 0.2) is 89.1 Å². The summed E-state index contributed by atoms with van der Waals surface area (Å²) in [6, 6.07) is 21.5. The number of benzene rings is 3. The van der Waals surface area contributed by atoms with E-state index >= 15 is 0 Å². The third-order valence-corrected chi connectivity index (χ3v) is 4.25. The first-order chi connectivity index (χ1) is 13.6. The van der Waals surface area contributed by atoms with Crippen molar-refractivity contribution in [2.75, 3.05) is 5.32 Å². The smallest absolute Gasteiger partial charge is 0.276 e. The molecule has 5 nitrogen and oxygen atoms in total. The van der Waals surface area contributed by atoms with Crippen molar-refractivity contribution in [1.29, 1.82) is 0 Å². The summed E-state index contributed by atoms with van der Waals surface area (Å²) in [7, 11) is 0. The van der Waals surface area contributed by atoms with Crippen LogP contribution in [0.2, 0.25) is 0 Å². The molecular formula is C22H14FN3O2. The molecule has 3 aromatic carbocycles. The van der Waals surface area contributed by atoms with Crippen molar-refractivity contribution < 1.29 is 14.0 Å². The quantitative estimate of drug-likeness (QED) is 0.430. The van der Waals surface area contributed by atoms with E-state index in [1.165, 1.54) is 18.2 Å². The van der Waals surface area contributed by atoms with E-state index in [0.29, 0.717) is 22.4 Å². The number of ketones is 1. The number of nitrogens with one attached hydrogen (secondary N) is 1. The van der Waals surface area contributed by atoms with E-state index in [-0.39, 0.29) is 17.2 Å². The lowest BCUT2D eigenvalue weighted by Crippen LogP contribution is -2.17. The molecule has 0 fully saturated rings. The molecule has 0 radical (unpaired) electrons. The summed E-state index contributed by atoms with van der Waals surface area (Å²) in [5.41, 5.74) is 1.84. The lowest BCUT2D eigenvalue weighted by molar-refractivity contribution is -0.110. The summed E-state index contributed by atoms with van der Waals surface area (Å²) < 4.78 is 13.6. The molecule has 0 aromatic heterocycles. The lowest BCUT2D eigenvalue weighted by atomic mass is 10.0. The van der Waals surface area contributed by atoms with Gasteiger partial charge in [0.1, 0.15) is 11.5 Å². The Hall–Kier alpha value is -3.93. The molecule has 0 saturated carbocycles. The van der Waals surface area contributed by atoms with Crippen molar-refractivity contribution in [2.45, 2.75) is 0 Å². The number of carbonyl (C=O) groups is 2. The number of amides is 1. The van der Waals surface area contributed by atoms with E-state index in [1.54, 1.807) is 48.5 Å². The van der Waals surface area contributed by atoms with Gasteiger partial charge in [-0.05, 0) is 18.2 Å². The molecule has 0 bridgehead atoms. The Labute approximate surface area is 160 Å². The summed E-state index contributed by atoms with van der Waals surface area (Å²) in [6.07, 6.45) is 0. The maximum atomic E-state index is 13.6. The van der Waals surface area contributed by atoms with Crippen molar-refractivity contribution in [3.8, 4) is 0 Å². The van der Waals surface area contributed by atoms with E-state index in [0.717, 1.165) is 0 Å². The van der Waals surface area contributed by atoms with Crippen LogP contribution in [-0.2, 0) is 4.79 Å². The first kappa shape index (κ1) is 17.5. The van der Waals surface area contributed by atoms with E-state index in [4.69, 9.17) is 0 Å². The molecule has 0 aliphatic carbocycles. The second-order valence-electron chi connectivity index (χ2n) is 6.10. The number of fused-ring (bicyclic) bond motifs is 1. The molecule has 136 valence electrons. The summed E-state index contributed by atoms with van der Waals surface area (Å²) >= 11 is 0. The van der Waals surface area contributed by atoms with E-state index in [9.17, 15) is 14.0 Å². The topological polar surface area (TPSA) is 70.9 Å². The molecule has 3 aromatic rings. The Balaban J connectivity index is 1.81. The van der Waals surface area contributed by atoms with Gasteiger partial charge in [0, 0.05) is 16.7 Å². The molecule has 28 heavy (non-hydrogen) atoms. The highest BCUT2D eigenvalue weighted by Gasteiger charge is 2.27. The van der Waals surface area contributed by atoms with Crippen molar-refractivity contribution >= 4 is 28.8 Å². The number of halogens is 1. The monoisotopic (exact) mass is 371 g/mol. The number of hydrogen-bond acceptors (Lipinski definition) is 4. The Morgan fingerprint density at radius 1 is 0.857 bits per heavy atom. The van der Waals surface area contributed by atoms with Gasteiger partial charge in [-0.1, -0.05) is 60.7 Å². The van der Waals surface area contributed by atoms with E-state index < -0.39 is 11.7 Å². The van der Waals surface area contributed by atoms with Crippen LogP contribution < -0.4 is 5.32 Å². The normalized spacial score (nSPS) is 14.7. The largest absolute Gasteiger partial charge is 0.320 e. The Morgan fingerprint density at radius 3 is 2.18 bits per heavy atom. The molecule has 0 unspecified atom stereocenters. The number of anilines is 1. The summed E-state index contributed by atoms with van der Waals surface area (Å²) in [6.45, 7) is 0.